The van der Waals surface area contributed by atoms with Crippen molar-refractivity contribution in [2.75, 3.05) is 5.32 Å². The topological polar surface area (TPSA) is 59.8 Å². The minimum Gasteiger partial charge on any atom is -0.305 e. The van der Waals surface area contributed by atoms with Crippen molar-refractivity contribution >= 4 is 34.2 Å². The number of aryl methyl sites for hydroxylation is 2. The third kappa shape index (κ3) is 3.49. The van der Waals surface area contributed by atoms with Crippen molar-refractivity contribution in [2.24, 2.45) is 0 Å². The van der Waals surface area contributed by atoms with E-state index in [0.717, 1.165) is 27.6 Å². The number of carbonyl (C=O) groups is 1. The van der Waals surface area contributed by atoms with E-state index in [-0.39, 0.29) is 5.91 Å². The first-order chi connectivity index (χ1) is 13.5. The minimum absolute atomic E-state index is 0.286. The molecule has 140 valence electrons. The van der Waals surface area contributed by atoms with Crippen molar-refractivity contribution in [3.63, 3.8) is 0 Å². The molecule has 1 N–H and O–H groups in total. The van der Waals surface area contributed by atoms with Crippen LogP contribution in [-0.4, -0.2) is 20.7 Å². The number of carbonyl (C=O) groups excluding carboxylic acids is 1. The number of nitrogens with zero attached hydrogens (tertiary/aromatic N) is 3. The van der Waals surface area contributed by atoms with Gasteiger partial charge in [0.15, 0.2) is 5.69 Å². The van der Waals surface area contributed by atoms with Gasteiger partial charge in [-0.15, -0.1) is 0 Å². The summed E-state index contributed by atoms with van der Waals surface area (Å²) in [7, 11) is 0. The number of benzene rings is 2. The lowest BCUT2D eigenvalue weighted by molar-refractivity contribution is 0.102. The predicted octanol–water partition coefficient (Wildman–Crippen LogP) is 5.00. The number of amides is 1. The van der Waals surface area contributed by atoms with Crippen LogP contribution in [0.4, 0.5) is 5.82 Å². The highest BCUT2D eigenvalue weighted by Crippen LogP contribution is 2.27. The summed E-state index contributed by atoms with van der Waals surface area (Å²) < 4.78 is 1.85. The van der Waals surface area contributed by atoms with Crippen LogP contribution in [0.2, 0.25) is 5.02 Å². The van der Waals surface area contributed by atoms with Crippen LogP contribution in [0, 0.1) is 13.8 Å². The molecule has 0 saturated carbocycles. The quantitative estimate of drug-likeness (QED) is 0.533. The number of nitrogens with one attached hydrogen (secondary N) is 1. The van der Waals surface area contributed by atoms with Crippen LogP contribution < -0.4 is 5.32 Å². The van der Waals surface area contributed by atoms with Gasteiger partial charge in [-0.1, -0.05) is 47.5 Å². The number of fused-ring (bicyclic) bond motifs is 1. The van der Waals surface area contributed by atoms with Gasteiger partial charge in [-0.05, 0) is 49.2 Å². The van der Waals surface area contributed by atoms with Crippen molar-refractivity contribution < 1.29 is 4.79 Å². The lowest BCUT2D eigenvalue weighted by atomic mass is 10.1. The molecule has 0 atom stereocenters. The smallest absolute Gasteiger partial charge is 0.277 e. The molecule has 2 aromatic carbocycles. The highest BCUT2D eigenvalue weighted by atomic mass is 35.5. The normalized spacial score (nSPS) is 11.0. The third-order valence-corrected chi connectivity index (χ3v) is 4.95. The number of aromatic nitrogens is 3. The van der Waals surface area contributed by atoms with E-state index in [1.807, 2.05) is 54.9 Å². The Morgan fingerprint density at radius 2 is 1.89 bits per heavy atom. The molecule has 0 aliphatic carbocycles. The zero-order chi connectivity index (χ0) is 19.7. The van der Waals surface area contributed by atoms with Crippen molar-refractivity contribution in [3.8, 4) is 0 Å². The molecule has 0 radical (unpaired) electrons. The molecule has 4 rings (SSSR count). The number of rotatable bonds is 4. The summed E-state index contributed by atoms with van der Waals surface area (Å²) in [6.45, 7) is 4.52. The summed E-state index contributed by atoms with van der Waals surface area (Å²) in [5, 5.41) is 8.96. The Kier molecular flexibility index (Phi) is 4.84. The number of halogens is 1. The molecule has 0 bridgehead atoms. The average Bonchev–Trinajstić information content (AvgIpc) is 3.03. The average molecular weight is 391 g/mol. The summed E-state index contributed by atoms with van der Waals surface area (Å²) >= 11 is 6.34. The van der Waals surface area contributed by atoms with Crippen LogP contribution in [-0.2, 0) is 6.54 Å². The van der Waals surface area contributed by atoms with E-state index in [1.165, 1.54) is 0 Å². The van der Waals surface area contributed by atoms with Gasteiger partial charge in [0.05, 0.1) is 12.1 Å². The maximum Gasteiger partial charge on any atom is 0.277 e. The molecular formula is C22H19ClN4O. The number of hydrogen-bond donors (Lipinski definition) is 1. The van der Waals surface area contributed by atoms with Crippen LogP contribution in [0.15, 0.2) is 60.8 Å². The summed E-state index contributed by atoms with van der Waals surface area (Å²) in [5.74, 6) is 0.206. The van der Waals surface area contributed by atoms with Crippen molar-refractivity contribution in [2.45, 2.75) is 20.4 Å². The van der Waals surface area contributed by atoms with Crippen LogP contribution >= 0.6 is 11.6 Å². The molecule has 2 heterocycles. The van der Waals surface area contributed by atoms with E-state index in [2.05, 4.69) is 21.5 Å². The lowest BCUT2D eigenvalue weighted by Crippen LogP contribution is -2.14. The van der Waals surface area contributed by atoms with Crippen molar-refractivity contribution in [3.05, 3.63) is 88.2 Å². The predicted molar refractivity (Wildman–Crippen MR) is 112 cm³/mol. The molecule has 6 heteroatoms. The highest BCUT2D eigenvalue weighted by Gasteiger charge is 2.20. The maximum absolute atomic E-state index is 12.9. The monoisotopic (exact) mass is 390 g/mol. The van der Waals surface area contributed by atoms with E-state index >= 15 is 0 Å². The van der Waals surface area contributed by atoms with Gasteiger partial charge in [-0.3, -0.25) is 9.48 Å². The summed E-state index contributed by atoms with van der Waals surface area (Å²) in [6, 6.07) is 17.1. The Balaban J connectivity index is 1.81. The largest absolute Gasteiger partial charge is 0.305 e. The summed E-state index contributed by atoms with van der Waals surface area (Å²) in [4.78, 5) is 17.1. The van der Waals surface area contributed by atoms with Gasteiger partial charge in [-0.2, -0.15) is 5.10 Å². The molecule has 28 heavy (non-hydrogen) atoms. The molecule has 0 aliphatic rings. The summed E-state index contributed by atoms with van der Waals surface area (Å²) in [6.07, 6.45) is 1.64. The second-order valence-electron chi connectivity index (χ2n) is 6.74. The van der Waals surface area contributed by atoms with E-state index < -0.39 is 0 Å². The van der Waals surface area contributed by atoms with Gasteiger partial charge < -0.3 is 5.32 Å². The molecule has 4 aromatic rings. The first-order valence-corrected chi connectivity index (χ1v) is 9.34. The molecule has 0 saturated heterocycles. The van der Waals surface area contributed by atoms with Crippen LogP contribution in [0.3, 0.4) is 0 Å². The second-order valence-corrected chi connectivity index (χ2v) is 7.15. The maximum atomic E-state index is 12.9. The zero-order valence-corrected chi connectivity index (χ0v) is 16.4. The van der Waals surface area contributed by atoms with Crippen LogP contribution in [0.1, 0.15) is 27.2 Å². The fourth-order valence-corrected chi connectivity index (χ4v) is 3.59. The molecule has 0 fully saturated rings. The van der Waals surface area contributed by atoms with E-state index in [9.17, 15) is 4.79 Å². The standard InChI is InChI=1S/C22H19ClN4O/c1-14-11-15(2)21-17(12-14)20(22(28)25-19-9-5-6-10-24-19)26-27(21)13-16-7-3-4-8-18(16)23/h3-12H,13H2,1-2H3,(H,24,25,28). The number of pyridine rings is 1. The number of hydrogen-bond acceptors (Lipinski definition) is 3. The third-order valence-electron chi connectivity index (χ3n) is 4.58. The number of anilines is 1. The van der Waals surface area contributed by atoms with Crippen molar-refractivity contribution in [1.82, 2.24) is 14.8 Å². The Labute approximate surface area is 168 Å². The van der Waals surface area contributed by atoms with E-state index in [0.29, 0.717) is 23.1 Å². The SMILES string of the molecule is Cc1cc(C)c2c(c1)c(C(=O)Nc1ccccn1)nn2Cc1ccccc1Cl. The fourth-order valence-electron chi connectivity index (χ4n) is 3.39. The highest BCUT2D eigenvalue weighted by molar-refractivity contribution is 6.31. The molecule has 2 aromatic heterocycles. The van der Waals surface area contributed by atoms with Gasteiger partial charge in [0.1, 0.15) is 5.82 Å². The Hall–Kier alpha value is -3.18. The van der Waals surface area contributed by atoms with Gasteiger partial charge in [0.2, 0.25) is 0 Å². The van der Waals surface area contributed by atoms with Gasteiger partial charge >= 0.3 is 0 Å². The molecule has 0 spiro atoms. The van der Waals surface area contributed by atoms with E-state index in [4.69, 9.17) is 11.6 Å². The molecule has 5 nitrogen and oxygen atoms in total. The van der Waals surface area contributed by atoms with Gasteiger partial charge in [0.25, 0.3) is 5.91 Å². The van der Waals surface area contributed by atoms with E-state index in [1.54, 1.807) is 18.3 Å². The first kappa shape index (κ1) is 18.2. The minimum atomic E-state index is -0.286. The van der Waals surface area contributed by atoms with Crippen molar-refractivity contribution in [1.29, 1.82) is 0 Å². The second kappa shape index (κ2) is 7.44. The zero-order valence-electron chi connectivity index (χ0n) is 15.6. The molecular weight excluding hydrogens is 372 g/mol. The van der Waals surface area contributed by atoms with Crippen LogP contribution in [0.5, 0.6) is 0 Å². The lowest BCUT2D eigenvalue weighted by Gasteiger charge is -2.08. The molecule has 1 amide bonds. The Morgan fingerprint density at radius 3 is 2.64 bits per heavy atom. The van der Waals surface area contributed by atoms with Crippen LogP contribution in [0.25, 0.3) is 10.9 Å². The van der Waals surface area contributed by atoms with Gasteiger partial charge in [0, 0.05) is 16.6 Å². The fraction of sp³-hybridized carbons (Fsp3) is 0.136. The first-order valence-electron chi connectivity index (χ1n) is 8.96. The van der Waals surface area contributed by atoms with Gasteiger partial charge in [-0.25, -0.2) is 4.98 Å². The Morgan fingerprint density at radius 1 is 1.11 bits per heavy atom. The Bertz CT molecular complexity index is 1170. The molecule has 0 unspecified atom stereocenters. The molecule has 0 aliphatic heterocycles. The summed E-state index contributed by atoms with van der Waals surface area (Å²) in [5.41, 5.74) is 4.39.